The maximum atomic E-state index is 12.4. The Morgan fingerprint density at radius 2 is 1.82 bits per heavy atom. The van der Waals surface area contributed by atoms with Gasteiger partial charge in [-0.25, -0.2) is 0 Å². The molecule has 5 heteroatoms. The second kappa shape index (κ2) is 8.36. The van der Waals surface area contributed by atoms with E-state index in [-0.39, 0.29) is 5.91 Å². The van der Waals surface area contributed by atoms with Crippen LogP contribution in [0.5, 0.6) is 0 Å². The second-order valence-electron chi connectivity index (χ2n) is 6.76. The van der Waals surface area contributed by atoms with E-state index in [9.17, 15) is 10.1 Å². The number of aryl methyl sites for hydroxylation is 3. The van der Waals surface area contributed by atoms with Crippen LogP contribution in [0.15, 0.2) is 54.6 Å². The molecular formula is C23H22N4O. The van der Waals surface area contributed by atoms with Crippen molar-refractivity contribution in [2.45, 2.75) is 27.3 Å². The predicted octanol–water partition coefficient (Wildman–Crippen LogP) is 4.74. The van der Waals surface area contributed by atoms with Crippen molar-refractivity contribution in [2.24, 2.45) is 0 Å². The average molecular weight is 370 g/mol. The van der Waals surface area contributed by atoms with Gasteiger partial charge in [0.2, 0.25) is 0 Å². The highest BCUT2D eigenvalue weighted by atomic mass is 16.1. The monoisotopic (exact) mass is 370 g/mol. The first-order valence-electron chi connectivity index (χ1n) is 9.05. The molecule has 0 saturated heterocycles. The lowest BCUT2D eigenvalue weighted by Crippen LogP contribution is -2.12. The van der Waals surface area contributed by atoms with Gasteiger partial charge >= 0.3 is 0 Å². The van der Waals surface area contributed by atoms with E-state index >= 15 is 0 Å². The molecule has 3 aromatic rings. The van der Waals surface area contributed by atoms with E-state index in [4.69, 9.17) is 0 Å². The number of hydrogen-bond donors (Lipinski definition) is 2. The number of benzene rings is 2. The highest BCUT2D eigenvalue weighted by molar-refractivity contribution is 6.04. The minimum atomic E-state index is -0.141. The molecule has 1 heterocycles. The maximum absolute atomic E-state index is 12.4. The van der Waals surface area contributed by atoms with E-state index in [0.717, 1.165) is 28.2 Å². The fourth-order valence-corrected chi connectivity index (χ4v) is 2.97. The molecule has 2 aromatic carbocycles. The first-order chi connectivity index (χ1) is 13.5. The standard InChI is InChI=1S/C23H22N4O/c1-15-7-9-19(10-8-15)23(28)27-20-6-4-5-18(12-20)14-25-22-11-16(2)26-17(3)21(22)13-24/h4-12H,14H2,1-3H3,(H,25,26)(H,27,28). The number of rotatable bonds is 5. The van der Waals surface area contributed by atoms with E-state index in [1.165, 1.54) is 0 Å². The van der Waals surface area contributed by atoms with Crippen LogP contribution in [0.2, 0.25) is 0 Å². The number of aromatic nitrogens is 1. The van der Waals surface area contributed by atoms with Crippen LogP contribution in [0.25, 0.3) is 0 Å². The molecule has 0 spiro atoms. The lowest BCUT2D eigenvalue weighted by atomic mass is 10.1. The van der Waals surface area contributed by atoms with Crippen LogP contribution >= 0.6 is 0 Å². The zero-order valence-corrected chi connectivity index (χ0v) is 16.2. The molecule has 0 unspecified atom stereocenters. The topological polar surface area (TPSA) is 77.8 Å². The summed E-state index contributed by atoms with van der Waals surface area (Å²) in [5.74, 6) is -0.141. The van der Waals surface area contributed by atoms with E-state index in [2.05, 4.69) is 21.7 Å². The smallest absolute Gasteiger partial charge is 0.255 e. The minimum absolute atomic E-state index is 0.141. The van der Waals surface area contributed by atoms with Crippen molar-refractivity contribution in [3.8, 4) is 6.07 Å². The van der Waals surface area contributed by atoms with Gasteiger partial charge in [-0.2, -0.15) is 5.26 Å². The summed E-state index contributed by atoms with van der Waals surface area (Å²) in [7, 11) is 0. The summed E-state index contributed by atoms with van der Waals surface area (Å²) in [5.41, 5.74) is 6.35. The van der Waals surface area contributed by atoms with Crippen LogP contribution in [-0.2, 0) is 6.54 Å². The number of hydrogen-bond acceptors (Lipinski definition) is 4. The lowest BCUT2D eigenvalue weighted by molar-refractivity contribution is 0.102. The molecule has 0 bridgehead atoms. The Morgan fingerprint density at radius 1 is 1.07 bits per heavy atom. The fourth-order valence-electron chi connectivity index (χ4n) is 2.97. The highest BCUT2D eigenvalue weighted by Gasteiger charge is 2.09. The summed E-state index contributed by atoms with van der Waals surface area (Å²) in [6, 6.07) is 19.2. The van der Waals surface area contributed by atoms with Crippen molar-refractivity contribution in [1.82, 2.24) is 4.98 Å². The van der Waals surface area contributed by atoms with Gasteiger partial charge in [-0.05, 0) is 56.7 Å². The maximum Gasteiger partial charge on any atom is 0.255 e. The van der Waals surface area contributed by atoms with Crippen LogP contribution in [0.4, 0.5) is 11.4 Å². The van der Waals surface area contributed by atoms with Crippen molar-refractivity contribution in [1.29, 1.82) is 5.26 Å². The van der Waals surface area contributed by atoms with Crippen molar-refractivity contribution in [2.75, 3.05) is 10.6 Å². The molecule has 0 saturated carbocycles. The van der Waals surface area contributed by atoms with Gasteiger partial charge in [-0.3, -0.25) is 9.78 Å². The number of nitriles is 1. The molecule has 0 radical (unpaired) electrons. The van der Waals surface area contributed by atoms with Crippen LogP contribution in [0.1, 0.15) is 38.4 Å². The molecule has 0 aliphatic heterocycles. The Hall–Kier alpha value is -3.65. The SMILES string of the molecule is Cc1ccc(C(=O)Nc2cccc(CNc3cc(C)nc(C)c3C#N)c2)cc1. The largest absolute Gasteiger partial charge is 0.380 e. The van der Waals surface area contributed by atoms with Crippen molar-refractivity contribution in [3.63, 3.8) is 0 Å². The quantitative estimate of drug-likeness (QED) is 0.680. The predicted molar refractivity (Wildman–Crippen MR) is 111 cm³/mol. The number of amides is 1. The summed E-state index contributed by atoms with van der Waals surface area (Å²) in [6.07, 6.45) is 0. The van der Waals surface area contributed by atoms with Gasteiger partial charge < -0.3 is 10.6 Å². The average Bonchev–Trinajstić information content (AvgIpc) is 2.67. The molecular weight excluding hydrogens is 348 g/mol. The number of carbonyl (C=O) groups is 1. The zero-order valence-electron chi connectivity index (χ0n) is 16.2. The van der Waals surface area contributed by atoms with Gasteiger partial charge in [0.05, 0.1) is 16.9 Å². The van der Waals surface area contributed by atoms with E-state index in [1.54, 1.807) is 0 Å². The third-order valence-corrected chi connectivity index (χ3v) is 4.42. The Balaban J connectivity index is 1.71. The molecule has 2 N–H and O–H groups in total. The zero-order chi connectivity index (χ0) is 20.1. The lowest BCUT2D eigenvalue weighted by Gasteiger charge is -2.12. The number of anilines is 2. The first kappa shape index (κ1) is 19.1. The molecule has 0 aliphatic rings. The minimum Gasteiger partial charge on any atom is -0.380 e. The summed E-state index contributed by atoms with van der Waals surface area (Å²) in [6.45, 7) is 6.26. The van der Waals surface area contributed by atoms with Gasteiger partial charge in [0, 0.05) is 23.5 Å². The summed E-state index contributed by atoms with van der Waals surface area (Å²) in [4.78, 5) is 16.7. The molecule has 140 valence electrons. The van der Waals surface area contributed by atoms with Crippen LogP contribution in [0.3, 0.4) is 0 Å². The fraction of sp³-hybridized carbons (Fsp3) is 0.174. The van der Waals surface area contributed by atoms with Crippen molar-refractivity contribution < 1.29 is 4.79 Å². The van der Waals surface area contributed by atoms with Gasteiger partial charge in [-0.1, -0.05) is 29.8 Å². The molecule has 28 heavy (non-hydrogen) atoms. The summed E-state index contributed by atoms with van der Waals surface area (Å²) < 4.78 is 0. The molecule has 5 nitrogen and oxygen atoms in total. The molecule has 0 fully saturated rings. The number of pyridine rings is 1. The van der Waals surface area contributed by atoms with Gasteiger partial charge in [-0.15, -0.1) is 0 Å². The third-order valence-electron chi connectivity index (χ3n) is 4.42. The number of nitrogens with one attached hydrogen (secondary N) is 2. The van der Waals surface area contributed by atoms with Gasteiger partial charge in [0.15, 0.2) is 0 Å². The van der Waals surface area contributed by atoms with Crippen molar-refractivity contribution in [3.05, 3.63) is 88.2 Å². The summed E-state index contributed by atoms with van der Waals surface area (Å²) in [5, 5.41) is 15.6. The van der Waals surface area contributed by atoms with Gasteiger partial charge in [0.25, 0.3) is 5.91 Å². The summed E-state index contributed by atoms with van der Waals surface area (Å²) >= 11 is 0. The first-order valence-corrected chi connectivity index (χ1v) is 9.05. The van der Waals surface area contributed by atoms with Crippen LogP contribution in [-0.4, -0.2) is 10.9 Å². The van der Waals surface area contributed by atoms with Gasteiger partial charge in [0.1, 0.15) is 6.07 Å². The van der Waals surface area contributed by atoms with Crippen molar-refractivity contribution >= 4 is 17.3 Å². The Labute approximate surface area is 165 Å². The van der Waals surface area contributed by atoms with E-state index < -0.39 is 0 Å². The molecule has 3 rings (SSSR count). The highest BCUT2D eigenvalue weighted by Crippen LogP contribution is 2.20. The molecule has 1 aromatic heterocycles. The normalized spacial score (nSPS) is 10.2. The Bertz CT molecular complexity index is 1050. The van der Waals surface area contributed by atoms with Crippen LogP contribution in [0, 0.1) is 32.1 Å². The van der Waals surface area contributed by atoms with E-state index in [0.29, 0.717) is 23.4 Å². The Kier molecular flexibility index (Phi) is 5.71. The molecule has 0 atom stereocenters. The van der Waals surface area contributed by atoms with Crippen LogP contribution < -0.4 is 10.6 Å². The molecule has 1 amide bonds. The van der Waals surface area contributed by atoms with E-state index in [1.807, 2.05) is 75.4 Å². The number of carbonyl (C=O) groups excluding carboxylic acids is 1. The Morgan fingerprint density at radius 3 is 2.54 bits per heavy atom. The third kappa shape index (κ3) is 4.54. The molecule has 0 aliphatic carbocycles. The second-order valence-corrected chi connectivity index (χ2v) is 6.76. The number of nitrogens with zero attached hydrogens (tertiary/aromatic N) is 2.